The molecule has 0 saturated heterocycles. The third kappa shape index (κ3) is 6.39. The van der Waals surface area contributed by atoms with Crippen LogP contribution in [0.15, 0.2) is 54.6 Å². The Morgan fingerprint density at radius 3 is 2.25 bits per heavy atom. The normalized spacial score (nSPS) is 12.8. The first-order valence-electron chi connectivity index (χ1n) is 9.31. The lowest BCUT2D eigenvalue weighted by atomic mass is 9.91. The molecule has 2 aromatic rings. The average Bonchev–Trinajstić information content (AvgIpc) is 2.72. The first-order valence-corrected chi connectivity index (χ1v) is 9.31. The SMILES string of the molecule is CCO[C@H](C(=O)O)C(CC)c1ccc(OCC(=O)OCc2ccccc2)cc1. The van der Waals surface area contributed by atoms with Crippen LogP contribution in [0.5, 0.6) is 5.75 Å². The zero-order chi connectivity index (χ0) is 20.4. The fourth-order valence-corrected chi connectivity index (χ4v) is 2.90. The summed E-state index contributed by atoms with van der Waals surface area (Å²) < 4.78 is 16.0. The third-order valence-corrected chi connectivity index (χ3v) is 4.30. The third-order valence-electron chi connectivity index (χ3n) is 4.30. The van der Waals surface area contributed by atoms with Gasteiger partial charge in [0.2, 0.25) is 0 Å². The van der Waals surface area contributed by atoms with Gasteiger partial charge < -0.3 is 19.3 Å². The Morgan fingerprint density at radius 2 is 1.68 bits per heavy atom. The lowest BCUT2D eigenvalue weighted by Crippen LogP contribution is -2.30. The standard InChI is InChI=1S/C22H26O6/c1-3-19(21(22(24)25)26-4-2)17-10-12-18(13-11-17)27-15-20(23)28-14-16-8-6-5-7-9-16/h5-13,19,21H,3-4,14-15H2,1-2H3,(H,24,25)/t19?,21-/m0/s1. The number of carbonyl (C=O) groups excluding carboxylic acids is 1. The minimum absolute atomic E-state index is 0.194. The largest absolute Gasteiger partial charge is 0.482 e. The molecule has 0 aliphatic heterocycles. The van der Waals surface area contributed by atoms with Gasteiger partial charge in [-0.25, -0.2) is 9.59 Å². The Labute approximate surface area is 165 Å². The molecule has 0 bridgehead atoms. The van der Waals surface area contributed by atoms with Crippen molar-refractivity contribution in [2.75, 3.05) is 13.2 Å². The molecule has 150 valence electrons. The van der Waals surface area contributed by atoms with Crippen LogP contribution in [0.2, 0.25) is 0 Å². The number of ether oxygens (including phenoxy) is 3. The topological polar surface area (TPSA) is 82.1 Å². The van der Waals surface area contributed by atoms with Crippen LogP contribution in [0, 0.1) is 0 Å². The molecule has 0 aromatic heterocycles. The molecule has 1 N–H and O–H groups in total. The van der Waals surface area contributed by atoms with Gasteiger partial charge in [0, 0.05) is 12.5 Å². The van der Waals surface area contributed by atoms with Gasteiger partial charge >= 0.3 is 11.9 Å². The van der Waals surface area contributed by atoms with Gasteiger partial charge in [0.25, 0.3) is 0 Å². The van der Waals surface area contributed by atoms with Crippen molar-refractivity contribution >= 4 is 11.9 Å². The number of esters is 1. The van der Waals surface area contributed by atoms with Crippen LogP contribution < -0.4 is 4.74 Å². The van der Waals surface area contributed by atoms with Gasteiger partial charge in [-0.15, -0.1) is 0 Å². The van der Waals surface area contributed by atoms with Crippen LogP contribution >= 0.6 is 0 Å². The van der Waals surface area contributed by atoms with E-state index >= 15 is 0 Å². The Kier molecular flexibility index (Phi) is 8.49. The Balaban J connectivity index is 1.89. The molecule has 0 amide bonds. The molecular formula is C22H26O6. The molecule has 0 aliphatic carbocycles. The number of carbonyl (C=O) groups is 2. The molecule has 0 heterocycles. The fraction of sp³-hybridized carbons (Fsp3) is 0.364. The van der Waals surface area contributed by atoms with Crippen LogP contribution in [0.4, 0.5) is 0 Å². The number of carboxylic acid groups (broad SMARTS) is 1. The molecule has 6 nitrogen and oxygen atoms in total. The van der Waals surface area contributed by atoms with Gasteiger partial charge in [0.15, 0.2) is 12.7 Å². The Hall–Kier alpha value is -2.86. The summed E-state index contributed by atoms with van der Waals surface area (Å²) in [4.78, 5) is 23.3. The molecule has 0 aliphatic rings. The summed E-state index contributed by atoms with van der Waals surface area (Å²) in [6.07, 6.45) is -0.266. The highest BCUT2D eigenvalue weighted by atomic mass is 16.6. The van der Waals surface area contributed by atoms with E-state index in [0.29, 0.717) is 18.8 Å². The number of benzene rings is 2. The van der Waals surface area contributed by atoms with Gasteiger partial charge in [0.05, 0.1) is 0 Å². The maximum Gasteiger partial charge on any atom is 0.344 e. The molecule has 28 heavy (non-hydrogen) atoms. The summed E-state index contributed by atoms with van der Waals surface area (Å²) in [6.45, 7) is 4.04. The molecule has 0 fully saturated rings. The molecule has 2 atom stereocenters. The van der Waals surface area contributed by atoms with Crippen molar-refractivity contribution in [2.24, 2.45) is 0 Å². The summed E-state index contributed by atoms with van der Waals surface area (Å²) in [5.41, 5.74) is 1.76. The quantitative estimate of drug-likeness (QED) is 0.592. The molecular weight excluding hydrogens is 360 g/mol. The number of hydrogen-bond donors (Lipinski definition) is 1. The minimum Gasteiger partial charge on any atom is -0.482 e. The number of rotatable bonds is 11. The van der Waals surface area contributed by atoms with E-state index in [1.54, 1.807) is 31.2 Å². The monoisotopic (exact) mass is 386 g/mol. The van der Waals surface area contributed by atoms with E-state index in [1.807, 2.05) is 37.3 Å². The molecule has 1 unspecified atom stereocenters. The highest BCUT2D eigenvalue weighted by Gasteiger charge is 2.28. The Bertz CT molecular complexity index is 741. The zero-order valence-corrected chi connectivity index (χ0v) is 16.2. The van der Waals surface area contributed by atoms with E-state index in [0.717, 1.165) is 11.1 Å². The van der Waals surface area contributed by atoms with Crippen LogP contribution in [0.1, 0.15) is 37.3 Å². The first kappa shape index (κ1) is 21.4. The molecule has 0 spiro atoms. The Morgan fingerprint density at radius 1 is 1.00 bits per heavy atom. The summed E-state index contributed by atoms with van der Waals surface area (Å²) >= 11 is 0. The smallest absolute Gasteiger partial charge is 0.344 e. The maximum atomic E-state index is 11.8. The highest BCUT2D eigenvalue weighted by Crippen LogP contribution is 2.27. The van der Waals surface area contributed by atoms with Crippen LogP contribution in [-0.4, -0.2) is 36.4 Å². The van der Waals surface area contributed by atoms with Crippen LogP contribution in [-0.2, 0) is 25.7 Å². The minimum atomic E-state index is -0.977. The van der Waals surface area contributed by atoms with E-state index in [9.17, 15) is 14.7 Å². The van der Waals surface area contributed by atoms with E-state index in [-0.39, 0.29) is 19.1 Å². The fourth-order valence-electron chi connectivity index (χ4n) is 2.90. The predicted octanol–water partition coefficient (Wildman–Crippen LogP) is 3.79. The van der Waals surface area contributed by atoms with Crippen LogP contribution in [0.25, 0.3) is 0 Å². The summed E-state index contributed by atoms with van der Waals surface area (Å²) in [5.74, 6) is -1.18. The van der Waals surface area contributed by atoms with Crippen molar-refractivity contribution in [3.05, 3.63) is 65.7 Å². The summed E-state index contributed by atoms with van der Waals surface area (Å²) in [7, 11) is 0. The summed E-state index contributed by atoms with van der Waals surface area (Å²) in [5, 5.41) is 9.40. The predicted molar refractivity (Wildman–Crippen MR) is 104 cm³/mol. The second-order valence-corrected chi connectivity index (χ2v) is 6.23. The molecule has 2 aromatic carbocycles. The second-order valence-electron chi connectivity index (χ2n) is 6.23. The van der Waals surface area contributed by atoms with Crippen molar-refractivity contribution in [3.8, 4) is 5.75 Å². The maximum absolute atomic E-state index is 11.8. The molecule has 0 saturated carbocycles. The van der Waals surface area contributed by atoms with Crippen molar-refractivity contribution in [3.63, 3.8) is 0 Å². The van der Waals surface area contributed by atoms with Gasteiger partial charge in [-0.2, -0.15) is 0 Å². The number of aliphatic carboxylic acids is 1. The lowest BCUT2D eigenvalue weighted by Gasteiger charge is -2.23. The van der Waals surface area contributed by atoms with Crippen molar-refractivity contribution in [2.45, 2.75) is 38.9 Å². The van der Waals surface area contributed by atoms with Crippen molar-refractivity contribution in [1.29, 1.82) is 0 Å². The number of hydrogen-bond acceptors (Lipinski definition) is 5. The molecule has 0 radical (unpaired) electrons. The van der Waals surface area contributed by atoms with Gasteiger partial charge in [0.1, 0.15) is 12.4 Å². The van der Waals surface area contributed by atoms with Crippen molar-refractivity contribution < 1.29 is 28.9 Å². The zero-order valence-electron chi connectivity index (χ0n) is 16.2. The highest BCUT2D eigenvalue weighted by molar-refractivity contribution is 5.74. The van der Waals surface area contributed by atoms with Gasteiger partial charge in [-0.05, 0) is 36.6 Å². The molecule has 2 rings (SSSR count). The average molecular weight is 386 g/mol. The van der Waals surface area contributed by atoms with Gasteiger partial charge in [-0.1, -0.05) is 49.4 Å². The number of carboxylic acids is 1. The van der Waals surface area contributed by atoms with Crippen LogP contribution in [0.3, 0.4) is 0 Å². The first-order chi connectivity index (χ1) is 13.5. The summed E-state index contributed by atoms with van der Waals surface area (Å²) in [6, 6.07) is 16.4. The lowest BCUT2D eigenvalue weighted by molar-refractivity contribution is -0.152. The second kappa shape index (κ2) is 11.1. The van der Waals surface area contributed by atoms with E-state index in [2.05, 4.69) is 0 Å². The van der Waals surface area contributed by atoms with E-state index in [4.69, 9.17) is 14.2 Å². The van der Waals surface area contributed by atoms with E-state index in [1.165, 1.54) is 0 Å². The van der Waals surface area contributed by atoms with E-state index < -0.39 is 18.0 Å². The van der Waals surface area contributed by atoms with Gasteiger partial charge in [-0.3, -0.25) is 0 Å². The van der Waals surface area contributed by atoms with Crippen molar-refractivity contribution in [1.82, 2.24) is 0 Å². The molecule has 6 heteroatoms.